The van der Waals surface area contributed by atoms with Crippen LogP contribution < -0.4 is 4.74 Å². The van der Waals surface area contributed by atoms with Gasteiger partial charge < -0.3 is 9.84 Å². The molecular weight excluding hydrogens is 260 g/mol. The highest BCUT2D eigenvalue weighted by Crippen LogP contribution is 2.28. The van der Waals surface area contributed by atoms with E-state index in [1.807, 2.05) is 0 Å². The van der Waals surface area contributed by atoms with Crippen LogP contribution in [0.5, 0.6) is 5.75 Å². The zero-order valence-electron chi connectivity index (χ0n) is 9.34. The van der Waals surface area contributed by atoms with Crippen molar-refractivity contribution < 1.29 is 28.2 Å². The number of nitrogens with zero attached hydrogens (tertiary/aromatic N) is 1. The number of carbonyl (C=O) groups excluding carboxylic acids is 1. The van der Waals surface area contributed by atoms with Crippen LogP contribution in [0.1, 0.15) is 21.5 Å². The minimum absolute atomic E-state index is 0.0381. The molecule has 0 unspecified atom stereocenters. The summed E-state index contributed by atoms with van der Waals surface area (Å²) in [6.45, 7) is -3.20. The molecule has 1 aromatic rings. The lowest BCUT2D eigenvalue weighted by Gasteiger charge is -2.11. The highest BCUT2D eigenvalue weighted by atomic mass is 19.3. The van der Waals surface area contributed by atoms with Crippen molar-refractivity contribution >= 4 is 18.3 Å². The molecule has 1 N–H and O–H groups in total. The summed E-state index contributed by atoms with van der Waals surface area (Å²) in [5.41, 5.74) is -0.530. The smallest absolute Gasteiger partial charge is 0.387 e. The largest absolute Gasteiger partial charge is 0.478 e. The Balaban J connectivity index is 3.42. The number of aldehydes is 1. The van der Waals surface area contributed by atoms with Gasteiger partial charge in [0, 0.05) is 11.6 Å². The van der Waals surface area contributed by atoms with Crippen LogP contribution in [-0.4, -0.2) is 24.0 Å². The van der Waals surface area contributed by atoms with E-state index in [1.54, 1.807) is 6.07 Å². The van der Waals surface area contributed by atoms with Crippen LogP contribution in [-0.2, 0) is 4.79 Å². The molecule has 0 heterocycles. The standard InChI is InChI=1S/C12H7F2NO4/c13-12(14)19-11-7(3-4-10(17)18)1-2-8(5-15)9(11)6-16/h1-4,6,12H,(H,17,18)/b4-3+. The Hall–Kier alpha value is -2.75. The fourth-order valence-corrected chi connectivity index (χ4v) is 1.34. The zero-order valence-corrected chi connectivity index (χ0v) is 9.34. The second kappa shape index (κ2) is 6.26. The first-order valence-corrected chi connectivity index (χ1v) is 4.87. The molecule has 0 bridgehead atoms. The van der Waals surface area contributed by atoms with Gasteiger partial charge in [0.1, 0.15) is 11.8 Å². The number of hydrogen-bond donors (Lipinski definition) is 1. The molecule has 0 aliphatic heterocycles. The summed E-state index contributed by atoms with van der Waals surface area (Å²) in [4.78, 5) is 21.2. The molecule has 19 heavy (non-hydrogen) atoms. The van der Waals surface area contributed by atoms with E-state index in [0.717, 1.165) is 6.08 Å². The lowest BCUT2D eigenvalue weighted by molar-refractivity contribution is -0.131. The SMILES string of the molecule is N#Cc1ccc(/C=C/C(=O)O)c(OC(F)F)c1C=O. The van der Waals surface area contributed by atoms with Gasteiger partial charge in [0.2, 0.25) is 0 Å². The van der Waals surface area contributed by atoms with Crippen LogP contribution in [0.25, 0.3) is 6.08 Å². The fraction of sp³-hybridized carbons (Fsp3) is 0.0833. The highest BCUT2D eigenvalue weighted by molar-refractivity contribution is 5.89. The monoisotopic (exact) mass is 267 g/mol. The summed E-state index contributed by atoms with van der Waals surface area (Å²) in [6, 6.07) is 4.08. The van der Waals surface area contributed by atoms with Gasteiger partial charge >= 0.3 is 12.6 Å². The Labute approximate surface area is 106 Å². The third-order valence-electron chi connectivity index (χ3n) is 2.08. The van der Waals surface area contributed by atoms with Crippen molar-refractivity contribution in [2.45, 2.75) is 6.61 Å². The number of carbonyl (C=O) groups is 2. The molecule has 0 aliphatic rings. The fourth-order valence-electron chi connectivity index (χ4n) is 1.34. The minimum atomic E-state index is -3.20. The van der Waals surface area contributed by atoms with Crippen LogP contribution in [0, 0.1) is 11.3 Å². The number of halogens is 2. The predicted octanol–water partition coefficient (Wildman–Crippen LogP) is 2.07. The molecule has 0 aliphatic carbocycles. The quantitative estimate of drug-likeness (QED) is 0.651. The molecule has 0 spiro atoms. The number of ether oxygens (including phenoxy) is 1. The van der Waals surface area contributed by atoms with E-state index in [-0.39, 0.29) is 23.0 Å². The summed E-state index contributed by atoms with van der Waals surface area (Å²) in [5.74, 6) is -1.82. The van der Waals surface area contributed by atoms with Crippen molar-refractivity contribution in [1.29, 1.82) is 5.26 Å². The van der Waals surface area contributed by atoms with Crippen molar-refractivity contribution in [3.63, 3.8) is 0 Å². The normalized spacial score (nSPS) is 10.4. The third kappa shape index (κ3) is 3.61. The van der Waals surface area contributed by atoms with Gasteiger partial charge in [-0.25, -0.2) is 4.79 Å². The van der Waals surface area contributed by atoms with Gasteiger partial charge in [-0.15, -0.1) is 0 Å². The maximum atomic E-state index is 12.3. The van der Waals surface area contributed by atoms with E-state index >= 15 is 0 Å². The van der Waals surface area contributed by atoms with E-state index in [9.17, 15) is 18.4 Å². The molecule has 0 aromatic heterocycles. The molecule has 98 valence electrons. The molecule has 1 aromatic carbocycles. The molecule has 0 radical (unpaired) electrons. The predicted molar refractivity (Wildman–Crippen MR) is 59.8 cm³/mol. The van der Waals surface area contributed by atoms with Gasteiger partial charge in [0.15, 0.2) is 6.29 Å². The van der Waals surface area contributed by atoms with Gasteiger partial charge in [0.05, 0.1) is 11.1 Å². The van der Waals surface area contributed by atoms with Crippen LogP contribution in [0.2, 0.25) is 0 Å². The molecule has 0 saturated heterocycles. The van der Waals surface area contributed by atoms with Crippen molar-refractivity contribution in [2.24, 2.45) is 0 Å². The van der Waals surface area contributed by atoms with E-state index in [4.69, 9.17) is 10.4 Å². The van der Waals surface area contributed by atoms with E-state index < -0.39 is 18.3 Å². The summed E-state index contributed by atoms with van der Waals surface area (Å²) in [6.07, 6.45) is 1.90. The highest BCUT2D eigenvalue weighted by Gasteiger charge is 2.16. The van der Waals surface area contributed by atoms with E-state index in [1.165, 1.54) is 12.1 Å². The zero-order chi connectivity index (χ0) is 14.4. The summed E-state index contributed by atoms with van der Waals surface area (Å²) >= 11 is 0. The molecule has 0 amide bonds. The molecule has 7 heteroatoms. The van der Waals surface area contributed by atoms with Gasteiger partial charge in [-0.1, -0.05) is 0 Å². The summed E-state index contributed by atoms with van der Waals surface area (Å²) in [7, 11) is 0. The Morgan fingerprint density at radius 3 is 2.63 bits per heavy atom. The average Bonchev–Trinajstić information content (AvgIpc) is 2.35. The van der Waals surface area contributed by atoms with E-state index in [2.05, 4.69) is 4.74 Å². The first kappa shape index (κ1) is 14.3. The topological polar surface area (TPSA) is 87.4 Å². The minimum Gasteiger partial charge on any atom is -0.478 e. The first-order valence-electron chi connectivity index (χ1n) is 4.87. The average molecular weight is 267 g/mol. The molecule has 1 rings (SSSR count). The van der Waals surface area contributed by atoms with Crippen LogP contribution >= 0.6 is 0 Å². The molecule has 0 fully saturated rings. The number of hydrogen-bond acceptors (Lipinski definition) is 4. The van der Waals surface area contributed by atoms with Gasteiger partial charge in [-0.3, -0.25) is 4.79 Å². The number of benzene rings is 1. The molecule has 0 saturated carbocycles. The van der Waals surface area contributed by atoms with Crippen LogP contribution in [0.15, 0.2) is 18.2 Å². The van der Waals surface area contributed by atoms with Crippen molar-refractivity contribution in [2.75, 3.05) is 0 Å². The lowest BCUT2D eigenvalue weighted by Crippen LogP contribution is -2.07. The maximum Gasteiger partial charge on any atom is 0.387 e. The molecule has 0 atom stereocenters. The number of alkyl halides is 2. The molecular formula is C12H7F2NO4. The Kier molecular flexibility index (Phi) is 4.71. The van der Waals surface area contributed by atoms with E-state index in [0.29, 0.717) is 6.08 Å². The Morgan fingerprint density at radius 1 is 1.47 bits per heavy atom. The summed E-state index contributed by atoms with van der Waals surface area (Å²) < 4.78 is 28.8. The van der Waals surface area contributed by atoms with Crippen LogP contribution in [0.4, 0.5) is 8.78 Å². The second-order valence-electron chi connectivity index (χ2n) is 3.22. The Morgan fingerprint density at radius 2 is 2.16 bits per heavy atom. The number of nitriles is 1. The van der Waals surface area contributed by atoms with Crippen molar-refractivity contribution in [1.82, 2.24) is 0 Å². The van der Waals surface area contributed by atoms with Gasteiger partial charge in [-0.05, 0) is 18.2 Å². The molecule has 5 nitrogen and oxygen atoms in total. The summed E-state index contributed by atoms with van der Waals surface area (Å²) in [5, 5.41) is 17.2. The van der Waals surface area contributed by atoms with Crippen LogP contribution in [0.3, 0.4) is 0 Å². The number of aliphatic carboxylic acids is 1. The third-order valence-corrected chi connectivity index (χ3v) is 2.08. The number of rotatable bonds is 5. The Bertz CT molecular complexity index is 576. The van der Waals surface area contributed by atoms with Gasteiger partial charge in [-0.2, -0.15) is 14.0 Å². The maximum absolute atomic E-state index is 12.3. The van der Waals surface area contributed by atoms with Crippen molar-refractivity contribution in [3.8, 4) is 11.8 Å². The first-order chi connectivity index (χ1) is 8.99. The lowest BCUT2D eigenvalue weighted by atomic mass is 10.0. The number of carboxylic acids is 1. The van der Waals surface area contributed by atoms with Gasteiger partial charge in [0.25, 0.3) is 0 Å². The van der Waals surface area contributed by atoms with Crippen molar-refractivity contribution in [3.05, 3.63) is 34.9 Å². The second-order valence-corrected chi connectivity index (χ2v) is 3.22. The number of carboxylic acid groups (broad SMARTS) is 1.